The van der Waals surface area contributed by atoms with Crippen LogP contribution in [0.3, 0.4) is 0 Å². The van der Waals surface area contributed by atoms with Crippen LogP contribution in [-0.2, 0) is 9.59 Å². The van der Waals surface area contributed by atoms with Crippen molar-refractivity contribution in [3.8, 4) is 5.75 Å². The Morgan fingerprint density at radius 3 is 2.26 bits per heavy atom. The van der Waals surface area contributed by atoms with Crippen molar-refractivity contribution in [2.75, 3.05) is 16.9 Å². The number of nitrogens with zero attached hydrogens (tertiary/aromatic N) is 2. The fourth-order valence-electron chi connectivity index (χ4n) is 5.69. The number of aryl methyl sites for hydroxylation is 1. The molecule has 174 valence electrons. The lowest BCUT2D eigenvalue weighted by molar-refractivity contribution is -0.122. The average Bonchev–Trinajstić information content (AvgIpc) is 3.37. The Hall–Kier alpha value is -4.19. The van der Waals surface area contributed by atoms with Crippen LogP contribution >= 0.6 is 0 Å². The summed E-state index contributed by atoms with van der Waals surface area (Å²) >= 11 is 0. The number of fused-ring (bicyclic) bond motifs is 5. The number of ketones is 1. The van der Waals surface area contributed by atoms with E-state index in [9.17, 15) is 14.4 Å². The molecule has 0 spiro atoms. The number of amides is 2. The number of hydrogen-bond acceptors (Lipinski definition) is 5. The Kier molecular flexibility index (Phi) is 4.85. The number of imide groups is 1. The smallest absolute Gasteiger partial charge is 0.240 e. The van der Waals surface area contributed by atoms with Crippen molar-refractivity contribution in [2.45, 2.75) is 19.0 Å². The molecule has 0 aliphatic carbocycles. The molecule has 3 aliphatic heterocycles. The number of benzene rings is 3. The van der Waals surface area contributed by atoms with Crippen LogP contribution in [0.1, 0.15) is 21.5 Å². The predicted octanol–water partition coefficient (Wildman–Crippen LogP) is 4.28. The molecule has 3 aromatic carbocycles. The third-order valence-corrected chi connectivity index (χ3v) is 7.35. The van der Waals surface area contributed by atoms with E-state index in [0.29, 0.717) is 17.0 Å². The van der Waals surface area contributed by atoms with Gasteiger partial charge in [-0.3, -0.25) is 14.4 Å². The minimum Gasteiger partial charge on any atom is -0.497 e. The summed E-state index contributed by atoms with van der Waals surface area (Å²) < 4.78 is 5.24. The Bertz CT molecular complexity index is 1380. The van der Waals surface area contributed by atoms with E-state index < -0.39 is 17.9 Å². The first kappa shape index (κ1) is 21.4. The van der Waals surface area contributed by atoms with Gasteiger partial charge < -0.3 is 9.64 Å². The SMILES string of the molecule is COc1ccc(C(=O)C2C3C(=O)N(c4ccc(C)cc4)C(=O)C3C3C=Cc4ccccc4N32)cc1. The molecular formula is C29H24N2O4. The largest absolute Gasteiger partial charge is 0.497 e. The van der Waals surface area contributed by atoms with Gasteiger partial charge in [0.1, 0.15) is 11.8 Å². The van der Waals surface area contributed by atoms with Crippen molar-refractivity contribution < 1.29 is 19.1 Å². The molecule has 0 radical (unpaired) electrons. The molecule has 6 rings (SSSR count). The van der Waals surface area contributed by atoms with Gasteiger partial charge in [-0.25, -0.2) is 4.90 Å². The van der Waals surface area contributed by atoms with Crippen molar-refractivity contribution in [2.24, 2.45) is 11.8 Å². The molecule has 3 heterocycles. The zero-order valence-corrected chi connectivity index (χ0v) is 19.4. The van der Waals surface area contributed by atoms with Gasteiger partial charge >= 0.3 is 0 Å². The van der Waals surface area contributed by atoms with E-state index in [-0.39, 0.29) is 23.6 Å². The third-order valence-electron chi connectivity index (χ3n) is 7.35. The minimum absolute atomic E-state index is 0.179. The number of anilines is 2. The highest BCUT2D eigenvalue weighted by Gasteiger charge is 2.64. The van der Waals surface area contributed by atoms with Crippen molar-refractivity contribution >= 4 is 35.0 Å². The molecule has 2 amide bonds. The van der Waals surface area contributed by atoms with E-state index in [1.807, 2.05) is 60.4 Å². The molecule has 3 aromatic rings. The topological polar surface area (TPSA) is 66.9 Å². The number of rotatable bonds is 4. The monoisotopic (exact) mass is 464 g/mol. The lowest BCUT2D eigenvalue weighted by atomic mass is 9.86. The molecule has 0 saturated carbocycles. The summed E-state index contributed by atoms with van der Waals surface area (Å²) in [5, 5.41) is 0. The van der Waals surface area contributed by atoms with Gasteiger partial charge in [-0.05, 0) is 55.0 Å². The molecule has 2 fully saturated rings. The Morgan fingerprint density at radius 2 is 1.54 bits per heavy atom. The van der Waals surface area contributed by atoms with Crippen LogP contribution in [-0.4, -0.2) is 36.8 Å². The summed E-state index contributed by atoms with van der Waals surface area (Å²) in [5.74, 6) is -1.53. The number of hydrogen-bond donors (Lipinski definition) is 0. The van der Waals surface area contributed by atoms with Crippen molar-refractivity contribution in [1.29, 1.82) is 0 Å². The Labute approximate surface area is 203 Å². The summed E-state index contributed by atoms with van der Waals surface area (Å²) in [4.78, 5) is 44.9. The number of Topliss-reactive ketones (excluding diaryl/α,β-unsaturated/α-hetero) is 1. The van der Waals surface area contributed by atoms with Gasteiger partial charge in [-0.1, -0.05) is 48.0 Å². The van der Waals surface area contributed by atoms with Gasteiger partial charge in [0.05, 0.1) is 30.7 Å². The highest BCUT2D eigenvalue weighted by atomic mass is 16.5. The predicted molar refractivity (Wildman–Crippen MR) is 134 cm³/mol. The van der Waals surface area contributed by atoms with Gasteiger partial charge in [0.2, 0.25) is 11.8 Å². The summed E-state index contributed by atoms with van der Waals surface area (Å²) in [6.07, 6.45) is 3.95. The van der Waals surface area contributed by atoms with Crippen LogP contribution in [0, 0.1) is 18.8 Å². The Morgan fingerprint density at radius 1 is 0.857 bits per heavy atom. The molecule has 3 aliphatic rings. The number of methoxy groups -OCH3 is 1. The van der Waals surface area contributed by atoms with Gasteiger partial charge in [0, 0.05) is 11.3 Å². The normalized spacial score (nSPS) is 24.3. The second-order valence-corrected chi connectivity index (χ2v) is 9.25. The third kappa shape index (κ3) is 3.13. The molecule has 0 bridgehead atoms. The zero-order chi connectivity index (χ0) is 24.3. The molecule has 6 heteroatoms. The van der Waals surface area contributed by atoms with Crippen molar-refractivity contribution in [3.63, 3.8) is 0 Å². The molecule has 0 aromatic heterocycles. The number of para-hydroxylation sites is 1. The van der Waals surface area contributed by atoms with Gasteiger partial charge in [-0.2, -0.15) is 0 Å². The van der Waals surface area contributed by atoms with Crippen LogP contribution in [0.2, 0.25) is 0 Å². The molecular weight excluding hydrogens is 440 g/mol. The first-order valence-corrected chi connectivity index (χ1v) is 11.7. The van der Waals surface area contributed by atoms with E-state index in [2.05, 4.69) is 0 Å². The number of carbonyl (C=O) groups is 3. The highest BCUT2D eigenvalue weighted by molar-refractivity contribution is 6.25. The maximum absolute atomic E-state index is 14.0. The van der Waals surface area contributed by atoms with Crippen molar-refractivity contribution in [3.05, 3.63) is 95.6 Å². The summed E-state index contributed by atoms with van der Waals surface area (Å²) in [6.45, 7) is 1.96. The molecule has 4 unspecified atom stereocenters. The highest BCUT2D eigenvalue weighted by Crippen LogP contribution is 2.49. The zero-order valence-electron chi connectivity index (χ0n) is 19.4. The molecule has 0 N–H and O–H groups in total. The molecule has 2 saturated heterocycles. The van der Waals surface area contributed by atoms with Crippen LogP contribution in [0.15, 0.2) is 78.9 Å². The van der Waals surface area contributed by atoms with E-state index in [4.69, 9.17) is 4.74 Å². The molecule has 4 atom stereocenters. The van der Waals surface area contributed by atoms with E-state index in [0.717, 1.165) is 16.8 Å². The van der Waals surface area contributed by atoms with E-state index in [1.54, 1.807) is 43.5 Å². The average molecular weight is 465 g/mol. The summed E-state index contributed by atoms with van der Waals surface area (Å²) in [6, 6.07) is 20.9. The van der Waals surface area contributed by atoms with Crippen LogP contribution in [0.4, 0.5) is 11.4 Å². The van der Waals surface area contributed by atoms with Crippen molar-refractivity contribution in [1.82, 2.24) is 0 Å². The standard InChI is InChI=1S/C29H24N2O4/c1-17-7-12-20(13-8-17)30-28(33)24-23-16-11-18-5-3-4-6-22(18)31(23)26(25(24)29(30)34)27(32)19-9-14-21(35-2)15-10-19/h3-16,23-26H,1-2H3. The van der Waals surface area contributed by atoms with Crippen LogP contribution in [0.25, 0.3) is 6.08 Å². The summed E-state index contributed by atoms with van der Waals surface area (Å²) in [7, 11) is 1.57. The lowest BCUT2D eigenvalue weighted by Crippen LogP contribution is -2.48. The quantitative estimate of drug-likeness (QED) is 0.426. The second kappa shape index (κ2) is 7.94. The van der Waals surface area contributed by atoms with E-state index in [1.165, 1.54) is 4.90 Å². The van der Waals surface area contributed by atoms with Crippen LogP contribution < -0.4 is 14.5 Å². The molecule has 6 nitrogen and oxygen atoms in total. The second-order valence-electron chi connectivity index (χ2n) is 9.25. The molecule has 35 heavy (non-hydrogen) atoms. The summed E-state index contributed by atoms with van der Waals surface area (Å²) in [5.41, 5.74) is 3.90. The number of carbonyl (C=O) groups excluding carboxylic acids is 3. The maximum Gasteiger partial charge on any atom is 0.240 e. The maximum atomic E-state index is 14.0. The lowest BCUT2D eigenvalue weighted by Gasteiger charge is -2.36. The van der Waals surface area contributed by atoms with Gasteiger partial charge in [0.15, 0.2) is 5.78 Å². The fourth-order valence-corrected chi connectivity index (χ4v) is 5.69. The Balaban J connectivity index is 1.47. The first-order chi connectivity index (χ1) is 17.0. The first-order valence-electron chi connectivity index (χ1n) is 11.7. The minimum atomic E-state index is -0.795. The van der Waals surface area contributed by atoms with Gasteiger partial charge in [0.25, 0.3) is 0 Å². The van der Waals surface area contributed by atoms with Gasteiger partial charge in [-0.15, -0.1) is 0 Å². The van der Waals surface area contributed by atoms with E-state index >= 15 is 0 Å². The fraction of sp³-hybridized carbons (Fsp3) is 0.207. The van der Waals surface area contributed by atoms with Crippen LogP contribution in [0.5, 0.6) is 5.75 Å². The number of ether oxygens (including phenoxy) is 1.